The summed E-state index contributed by atoms with van der Waals surface area (Å²) in [6.45, 7) is 5.69. The maximum absolute atomic E-state index is 11.0. The van der Waals surface area contributed by atoms with Crippen molar-refractivity contribution >= 4 is 11.9 Å². The molecule has 0 aliphatic carbocycles. The summed E-state index contributed by atoms with van der Waals surface area (Å²) in [5, 5.41) is 8.37. The number of likely N-dealkylation sites (N-methyl/N-ethyl adjacent to an activating group) is 1. The van der Waals surface area contributed by atoms with E-state index in [4.69, 9.17) is 5.11 Å². The van der Waals surface area contributed by atoms with Gasteiger partial charge in [-0.25, -0.2) is 4.79 Å². The Hall–Kier alpha value is -1.32. The fourth-order valence-electron chi connectivity index (χ4n) is 1.12. The van der Waals surface area contributed by atoms with Gasteiger partial charge in [0.15, 0.2) is 0 Å². The Morgan fingerprint density at radius 1 is 1.54 bits per heavy atom. The van der Waals surface area contributed by atoms with Gasteiger partial charge in [-0.1, -0.05) is 6.08 Å². The molecule has 0 aliphatic heterocycles. The van der Waals surface area contributed by atoms with Crippen LogP contribution >= 0.6 is 0 Å². The van der Waals surface area contributed by atoms with Crippen molar-refractivity contribution in [3.05, 3.63) is 12.2 Å². The zero-order valence-corrected chi connectivity index (χ0v) is 8.15. The third-order valence-electron chi connectivity index (χ3n) is 1.75. The highest BCUT2D eigenvalue weighted by Crippen LogP contribution is 2.00. The van der Waals surface area contributed by atoms with Crippen LogP contribution in [0.2, 0.25) is 0 Å². The molecular weight excluding hydrogens is 170 g/mol. The molecule has 0 spiro atoms. The molecule has 13 heavy (non-hydrogen) atoms. The van der Waals surface area contributed by atoms with Crippen LogP contribution in [-0.4, -0.2) is 34.5 Å². The average molecular weight is 185 g/mol. The van der Waals surface area contributed by atoms with Gasteiger partial charge in [0.1, 0.15) is 0 Å². The van der Waals surface area contributed by atoms with Crippen molar-refractivity contribution in [3.8, 4) is 0 Å². The third-order valence-corrected chi connectivity index (χ3v) is 1.75. The molecule has 0 aromatic heterocycles. The van der Waals surface area contributed by atoms with Crippen molar-refractivity contribution in [2.24, 2.45) is 0 Å². The third kappa shape index (κ3) is 4.30. The Bertz CT molecular complexity index is 223. The topological polar surface area (TPSA) is 57.6 Å². The van der Waals surface area contributed by atoms with Gasteiger partial charge >= 0.3 is 5.97 Å². The minimum Gasteiger partial charge on any atom is -0.478 e. The molecule has 4 heteroatoms. The minimum absolute atomic E-state index is 0.0509. The van der Waals surface area contributed by atoms with Crippen LogP contribution in [0.25, 0.3) is 0 Å². The summed E-state index contributed by atoms with van der Waals surface area (Å²) in [5.41, 5.74) is 0. The van der Waals surface area contributed by atoms with Crippen LogP contribution < -0.4 is 0 Å². The first-order chi connectivity index (χ1) is 5.99. The Balaban J connectivity index is 4.29. The number of hydrogen-bond acceptors (Lipinski definition) is 2. The second-order valence-corrected chi connectivity index (χ2v) is 2.74. The quantitative estimate of drug-likeness (QED) is 0.661. The van der Waals surface area contributed by atoms with Gasteiger partial charge in [-0.3, -0.25) is 4.79 Å². The summed E-state index contributed by atoms with van der Waals surface area (Å²) in [5.74, 6) is -1.04. The molecule has 1 amide bonds. The van der Waals surface area contributed by atoms with Gasteiger partial charge in [-0.15, -0.1) is 0 Å². The highest BCUT2D eigenvalue weighted by molar-refractivity contribution is 5.80. The maximum Gasteiger partial charge on any atom is 0.328 e. The molecule has 0 radical (unpaired) electrons. The van der Waals surface area contributed by atoms with E-state index < -0.39 is 5.97 Å². The molecule has 0 aromatic rings. The summed E-state index contributed by atoms with van der Waals surface area (Å²) in [4.78, 5) is 22.8. The van der Waals surface area contributed by atoms with Gasteiger partial charge < -0.3 is 10.0 Å². The van der Waals surface area contributed by atoms with Crippen LogP contribution in [0.4, 0.5) is 0 Å². The van der Waals surface area contributed by atoms with E-state index in [0.29, 0.717) is 6.54 Å². The summed E-state index contributed by atoms with van der Waals surface area (Å²) in [7, 11) is 0. The number of nitrogens with zero attached hydrogens (tertiary/aromatic N) is 1. The zero-order valence-electron chi connectivity index (χ0n) is 8.15. The van der Waals surface area contributed by atoms with E-state index in [0.717, 1.165) is 6.08 Å². The first kappa shape index (κ1) is 11.7. The summed E-state index contributed by atoms with van der Waals surface area (Å²) in [6.07, 6.45) is 2.55. The Kier molecular flexibility index (Phi) is 4.80. The second-order valence-electron chi connectivity index (χ2n) is 2.74. The predicted molar refractivity (Wildman–Crippen MR) is 49.3 cm³/mol. The van der Waals surface area contributed by atoms with E-state index in [9.17, 15) is 9.59 Å². The molecule has 0 fully saturated rings. The van der Waals surface area contributed by atoms with Gasteiger partial charge in [0, 0.05) is 25.6 Å². The molecule has 0 saturated heterocycles. The van der Waals surface area contributed by atoms with Gasteiger partial charge in [-0.2, -0.15) is 0 Å². The normalized spacial score (nSPS) is 12.8. The highest BCUT2D eigenvalue weighted by Gasteiger charge is 2.11. The number of carboxylic acids is 1. The van der Waals surface area contributed by atoms with E-state index in [1.54, 1.807) is 11.8 Å². The van der Waals surface area contributed by atoms with Crippen LogP contribution in [0.5, 0.6) is 0 Å². The monoisotopic (exact) mass is 185 g/mol. The number of hydrogen-bond donors (Lipinski definition) is 1. The lowest BCUT2D eigenvalue weighted by Crippen LogP contribution is -2.35. The van der Waals surface area contributed by atoms with Crippen molar-refractivity contribution in [1.29, 1.82) is 0 Å². The predicted octanol–water partition coefficient (Wildman–Crippen LogP) is 0.884. The number of rotatable bonds is 4. The summed E-state index contributed by atoms with van der Waals surface area (Å²) in [6, 6.07) is -0.168. The standard InChI is InChI=1S/C9H15NO3/c1-4-10(8(3)11)7(2)5-6-9(12)13/h5-7H,4H2,1-3H3,(H,12,13)/b6-5+. The molecule has 0 aromatic carbocycles. The van der Waals surface area contributed by atoms with E-state index in [-0.39, 0.29) is 11.9 Å². The van der Waals surface area contributed by atoms with Gasteiger partial charge in [0.05, 0.1) is 0 Å². The van der Waals surface area contributed by atoms with Crippen molar-refractivity contribution in [2.75, 3.05) is 6.54 Å². The molecule has 1 atom stereocenters. The first-order valence-electron chi connectivity index (χ1n) is 4.17. The number of carbonyl (C=O) groups excluding carboxylic acids is 1. The Morgan fingerprint density at radius 3 is 2.38 bits per heavy atom. The van der Waals surface area contributed by atoms with E-state index in [2.05, 4.69) is 0 Å². The molecule has 0 rings (SSSR count). The van der Waals surface area contributed by atoms with Crippen LogP contribution in [0, 0.1) is 0 Å². The van der Waals surface area contributed by atoms with Crippen molar-refractivity contribution < 1.29 is 14.7 Å². The SMILES string of the molecule is CCN(C(C)=O)C(C)/C=C/C(=O)O. The lowest BCUT2D eigenvalue weighted by atomic mass is 10.2. The number of carbonyl (C=O) groups is 2. The van der Waals surface area contributed by atoms with Crippen LogP contribution in [0.15, 0.2) is 12.2 Å². The lowest BCUT2D eigenvalue weighted by molar-refractivity contribution is -0.132. The molecular formula is C9H15NO3. The molecule has 0 bridgehead atoms. The highest BCUT2D eigenvalue weighted by atomic mass is 16.4. The fourth-order valence-corrected chi connectivity index (χ4v) is 1.12. The molecule has 4 nitrogen and oxygen atoms in total. The first-order valence-corrected chi connectivity index (χ1v) is 4.17. The molecule has 0 aliphatic rings. The number of amides is 1. The van der Waals surface area contributed by atoms with Gasteiger partial charge in [0.2, 0.25) is 5.91 Å². The smallest absolute Gasteiger partial charge is 0.328 e. The van der Waals surface area contributed by atoms with Crippen molar-refractivity contribution in [3.63, 3.8) is 0 Å². The van der Waals surface area contributed by atoms with Gasteiger partial charge in [-0.05, 0) is 13.8 Å². The van der Waals surface area contributed by atoms with Crippen molar-refractivity contribution in [1.82, 2.24) is 4.90 Å². The lowest BCUT2D eigenvalue weighted by Gasteiger charge is -2.23. The summed E-state index contributed by atoms with van der Waals surface area (Å²) >= 11 is 0. The van der Waals surface area contributed by atoms with Crippen molar-refractivity contribution in [2.45, 2.75) is 26.8 Å². The van der Waals surface area contributed by atoms with Crippen LogP contribution in [0.3, 0.4) is 0 Å². The number of aliphatic carboxylic acids is 1. The van der Waals surface area contributed by atoms with E-state index >= 15 is 0 Å². The molecule has 1 unspecified atom stereocenters. The molecule has 0 heterocycles. The Morgan fingerprint density at radius 2 is 2.08 bits per heavy atom. The van der Waals surface area contributed by atoms with Crippen LogP contribution in [-0.2, 0) is 9.59 Å². The molecule has 74 valence electrons. The Labute approximate surface area is 77.8 Å². The van der Waals surface area contributed by atoms with E-state index in [1.807, 2.05) is 6.92 Å². The summed E-state index contributed by atoms with van der Waals surface area (Å²) < 4.78 is 0. The van der Waals surface area contributed by atoms with Gasteiger partial charge in [0.25, 0.3) is 0 Å². The second kappa shape index (κ2) is 5.35. The largest absolute Gasteiger partial charge is 0.478 e. The maximum atomic E-state index is 11.0. The molecule has 1 N–H and O–H groups in total. The number of carboxylic acid groups (broad SMARTS) is 1. The average Bonchev–Trinajstić information content (AvgIpc) is 2.01. The van der Waals surface area contributed by atoms with E-state index in [1.165, 1.54) is 13.0 Å². The van der Waals surface area contributed by atoms with Crippen LogP contribution in [0.1, 0.15) is 20.8 Å². The minimum atomic E-state index is -0.994. The fraction of sp³-hybridized carbons (Fsp3) is 0.556. The molecule has 0 saturated carbocycles. The zero-order chi connectivity index (χ0) is 10.4.